The van der Waals surface area contributed by atoms with Crippen LogP contribution in [-0.2, 0) is 9.59 Å². The van der Waals surface area contributed by atoms with E-state index in [0.29, 0.717) is 6.54 Å². The van der Waals surface area contributed by atoms with Crippen LogP contribution in [0.5, 0.6) is 0 Å². The van der Waals surface area contributed by atoms with Gasteiger partial charge in [-0.15, -0.1) is 0 Å². The van der Waals surface area contributed by atoms with Crippen LogP contribution >= 0.6 is 0 Å². The molecule has 2 atom stereocenters. The van der Waals surface area contributed by atoms with Crippen LogP contribution in [0.25, 0.3) is 0 Å². The molecule has 16 heavy (non-hydrogen) atoms. The molecule has 5 heteroatoms. The van der Waals surface area contributed by atoms with Gasteiger partial charge in [0.25, 0.3) is 0 Å². The Bertz CT molecular complexity index is 285. The minimum Gasteiger partial charge on any atom is -0.355 e. The van der Waals surface area contributed by atoms with Gasteiger partial charge in [-0.25, -0.2) is 0 Å². The number of rotatable bonds is 5. The third-order valence-corrected chi connectivity index (χ3v) is 3.01. The highest BCUT2D eigenvalue weighted by Crippen LogP contribution is 2.38. The summed E-state index contributed by atoms with van der Waals surface area (Å²) in [5.74, 6) is -0.162. The summed E-state index contributed by atoms with van der Waals surface area (Å²) in [4.78, 5) is 23.3. The number of carbonyl (C=O) groups excluding carboxylic acids is 2. The van der Waals surface area contributed by atoms with E-state index >= 15 is 0 Å². The molecule has 0 aromatic carbocycles. The number of nitrogens with one attached hydrogen (secondary N) is 2. The Morgan fingerprint density at radius 2 is 2.06 bits per heavy atom. The van der Waals surface area contributed by atoms with Crippen molar-refractivity contribution in [1.29, 1.82) is 0 Å². The second-order valence-corrected chi connectivity index (χ2v) is 4.65. The molecule has 4 N–H and O–H groups in total. The fraction of sp³-hybridized carbons (Fsp3) is 0.818. The summed E-state index contributed by atoms with van der Waals surface area (Å²) in [7, 11) is 0. The maximum absolute atomic E-state index is 11.8. The summed E-state index contributed by atoms with van der Waals surface area (Å²) < 4.78 is 0. The van der Waals surface area contributed by atoms with Crippen molar-refractivity contribution in [1.82, 2.24) is 10.6 Å². The van der Waals surface area contributed by atoms with Crippen LogP contribution in [0.3, 0.4) is 0 Å². The van der Waals surface area contributed by atoms with Gasteiger partial charge in [0, 0.05) is 6.54 Å². The molecular weight excluding hydrogens is 206 g/mol. The predicted molar refractivity (Wildman–Crippen MR) is 61.6 cm³/mol. The van der Waals surface area contributed by atoms with E-state index in [1.165, 1.54) is 0 Å². The molecule has 0 spiro atoms. The molecule has 1 aliphatic carbocycles. The van der Waals surface area contributed by atoms with E-state index in [0.717, 1.165) is 12.8 Å². The lowest BCUT2D eigenvalue weighted by Gasteiger charge is -2.25. The minimum atomic E-state index is -0.846. The monoisotopic (exact) mass is 227 g/mol. The van der Waals surface area contributed by atoms with Crippen LogP contribution in [0.1, 0.15) is 33.6 Å². The number of likely N-dealkylation sites (N-methyl/N-ethyl adjacent to an activating group) is 1. The summed E-state index contributed by atoms with van der Waals surface area (Å²) >= 11 is 0. The number of hydrogen-bond donors (Lipinski definition) is 3. The van der Waals surface area contributed by atoms with E-state index in [4.69, 9.17) is 5.73 Å². The zero-order valence-electron chi connectivity index (χ0n) is 10.2. The van der Waals surface area contributed by atoms with E-state index < -0.39 is 11.6 Å². The van der Waals surface area contributed by atoms with Gasteiger partial charge in [0.2, 0.25) is 11.8 Å². The Morgan fingerprint density at radius 1 is 1.50 bits per heavy atom. The molecule has 0 radical (unpaired) electrons. The highest BCUT2D eigenvalue weighted by Gasteiger charge is 2.44. The molecule has 0 saturated heterocycles. The van der Waals surface area contributed by atoms with Crippen LogP contribution < -0.4 is 16.4 Å². The third-order valence-electron chi connectivity index (χ3n) is 3.01. The summed E-state index contributed by atoms with van der Waals surface area (Å²) in [6.45, 7) is 5.78. The standard InChI is InChI=1S/C11H21N3O2/c1-4-13-9(15)7(2)14-10(16)11(3,12)8-5-6-8/h7-8H,4-6,12H2,1-3H3,(H,13,15)(H,14,16). The SMILES string of the molecule is CCNC(=O)C(C)NC(=O)C(C)(N)C1CC1. The van der Waals surface area contributed by atoms with Crippen molar-refractivity contribution in [3.63, 3.8) is 0 Å². The molecule has 2 unspecified atom stereocenters. The summed E-state index contributed by atoms with van der Waals surface area (Å²) in [6, 6.07) is -0.533. The van der Waals surface area contributed by atoms with Crippen molar-refractivity contribution in [3.8, 4) is 0 Å². The molecule has 0 aliphatic heterocycles. The van der Waals surface area contributed by atoms with Gasteiger partial charge in [-0.05, 0) is 39.5 Å². The molecular formula is C11H21N3O2. The number of hydrogen-bond acceptors (Lipinski definition) is 3. The van der Waals surface area contributed by atoms with Gasteiger partial charge < -0.3 is 16.4 Å². The first-order chi connectivity index (χ1) is 7.39. The molecule has 1 aliphatic rings. The first-order valence-corrected chi connectivity index (χ1v) is 5.77. The number of nitrogens with two attached hydrogens (primary N) is 1. The number of carbonyl (C=O) groups is 2. The highest BCUT2D eigenvalue weighted by atomic mass is 16.2. The highest BCUT2D eigenvalue weighted by molar-refractivity contribution is 5.91. The van der Waals surface area contributed by atoms with Crippen molar-refractivity contribution in [3.05, 3.63) is 0 Å². The molecule has 1 fully saturated rings. The van der Waals surface area contributed by atoms with Crippen LogP contribution in [0.4, 0.5) is 0 Å². The van der Waals surface area contributed by atoms with E-state index in [1.807, 2.05) is 6.92 Å². The van der Waals surface area contributed by atoms with Gasteiger partial charge in [0.15, 0.2) is 0 Å². The Balaban J connectivity index is 2.47. The zero-order valence-corrected chi connectivity index (χ0v) is 10.2. The molecule has 0 heterocycles. The van der Waals surface area contributed by atoms with Crippen molar-refractivity contribution in [2.75, 3.05) is 6.54 Å². The van der Waals surface area contributed by atoms with Crippen LogP contribution in [-0.4, -0.2) is 29.9 Å². The fourth-order valence-corrected chi connectivity index (χ4v) is 1.61. The van der Waals surface area contributed by atoms with Gasteiger partial charge in [0.05, 0.1) is 5.54 Å². The zero-order chi connectivity index (χ0) is 12.3. The molecule has 0 aromatic rings. The van der Waals surface area contributed by atoms with E-state index in [9.17, 15) is 9.59 Å². The van der Waals surface area contributed by atoms with E-state index in [1.54, 1.807) is 13.8 Å². The second-order valence-electron chi connectivity index (χ2n) is 4.65. The van der Waals surface area contributed by atoms with Gasteiger partial charge in [-0.3, -0.25) is 9.59 Å². The van der Waals surface area contributed by atoms with Crippen LogP contribution in [0.15, 0.2) is 0 Å². The van der Waals surface area contributed by atoms with Crippen molar-refractivity contribution in [2.24, 2.45) is 11.7 Å². The molecule has 2 amide bonds. The quantitative estimate of drug-likeness (QED) is 0.606. The van der Waals surface area contributed by atoms with Gasteiger partial charge in [-0.1, -0.05) is 0 Å². The number of amides is 2. The van der Waals surface area contributed by atoms with Crippen LogP contribution in [0.2, 0.25) is 0 Å². The lowest BCUT2D eigenvalue weighted by Crippen LogP contribution is -2.57. The van der Waals surface area contributed by atoms with E-state index in [-0.39, 0.29) is 17.7 Å². The normalized spacial score (nSPS) is 20.8. The molecule has 92 valence electrons. The third kappa shape index (κ3) is 2.95. The smallest absolute Gasteiger partial charge is 0.242 e. The van der Waals surface area contributed by atoms with Gasteiger partial charge >= 0.3 is 0 Å². The van der Waals surface area contributed by atoms with Crippen molar-refractivity contribution >= 4 is 11.8 Å². The Morgan fingerprint density at radius 3 is 2.50 bits per heavy atom. The summed E-state index contributed by atoms with van der Waals surface area (Å²) in [6.07, 6.45) is 1.99. The second kappa shape index (κ2) is 4.82. The predicted octanol–water partition coefficient (Wildman–Crippen LogP) is -0.245. The lowest BCUT2D eigenvalue weighted by atomic mass is 9.96. The molecule has 5 nitrogen and oxygen atoms in total. The maximum Gasteiger partial charge on any atom is 0.242 e. The topological polar surface area (TPSA) is 84.2 Å². The van der Waals surface area contributed by atoms with E-state index in [2.05, 4.69) is 10.6 Å². The maximum atomic E-state index is 11.8. The van der Waals surface area contributed by atoms with Crippen molar-refractivity contribution in [2.45, 2.75) is 45.2 Å². The first kappa shape index (κ1) is 13.0. The molecule has 1 rings (SSSR count). The summed E-state index contributed by atoms with van der Waals surface area (Å²) in [5, 5.41) is 5.30. The Hall–Kier alpha value is -1.10. The largest absolute Gasteiger partial charge is 0.355 e. The fourth-order valence-electron chi connectivity index (χ4n) is 1.61. The molecule has 0 aromatic heterocycles. The summed E-state index contributed by atoms with van der Waals surface area (Å²) in [5.41, 5.74) is 5.10. The van der Waals surface area contributed by atoms with Crippen LogP contribution in [0, 0.1) is 5.92 Å². The lowest BCUT2D eigenvalue weighted by molar-refractivity contribution is -0.131. The average Bonchev–Trinajstić information content (AvgIpc) is 3.00. The van der Waals surface area contributed by atoms with Crippen molar-refractivity contribution < 1.29 is 9.59 Å². The first-order valence-electron chi connectivity index (χ1n) is 5.77. The average molecular weight is 227 g/mol. The van der Waals surface area contributed by atoms with Gasteiger partial charge in [-0.2, -0.15) is 0 Å². The molecule has 0 bridgehead atoms. The molecule has 1 saturated carbocycles. The van der Waals surface area contributed by atoms with Gasteiger partial charge in [0.1, 0.15) is 6.04 Å². The minimum absolute atomic E-state index is 0.178. The Labute approximate surface area is 96.1 Å². The Kier molecular flexibility index (Phi) is 3.91.